The Morgan fingerprint density at radius 2 is 2.33 bits per heavy atom. The van der Waals surface area contributed by atoms with E-state index in [1.54, 1.807) is 12.1 Å². The SMILES string of the molecule is Cc1nc(-c2ccc3[nH]c(=O)oc3c2)sc1NN. The molecule has 7 heteroatoms. The molecule has 0 fully saturated rings. The summed E-state index contributed by atoms with van der Waals surface area (Å²) in [5, 5.41) is 1.65. The highest BCUT2D eigenvalue weighted by Gasteiger charge is 2.10. The monoisotopic (exact) mass is 262 g/mol. The molecule has 0 saturated carbocycles. The molecule has 3 aromatic rings. The Morgan fingerprint density at radius 1 is 1.50 bits per heavy atom. The first-order valence-corrected chi connectivity index (χ1v) is 6.06. The van der Waals surface area contributed by atoms with Crippen molar-refractivity contribution in [3.8, 4) is 10.6 Å². The Balaban J connectivity index is 2.15. The molecule has 0 aliphatic heterocycles. The molecule has 1 aromatic carbocycles. The van der Waals surface area contributed by atoms with E-state index in [1.807, 2.05) is 13.0 Å². The number of rotatable bonds is 2. The highest BCUT2D eigenvalue weighted by Crippen LogP contribution is 2.32. The van der Waals surface area contributed by atoms with E-state index in [0.717, 1.165) is 21.3 Å². The number of H-pyrrole nitrogens is 1. The average molecular weight is 262 g/mol. The fourth-order valence-electron chi connectivity index (χ4n) is 1.73. The molecule has 4 N–H and O–H groups in total. The third-order valence-electron chi connectivity index (χ3n) is 2.60. The van der Waals surface area contributed by atoms with Gasteiger partial charge in [-0.1, -0.05) is 11.3 Å². The average Bonchev–Trinajstić information content (AvgIpc) is 2.89. The molecular weight excluding hydrogens is 252 g/mol. The quantitative estimate of drug-likeness (QED) is 0.483. The van der Waals surface area contributed by atoms with Gasteiger partial charge in [-0.15, -0.1) is 0 Å². The van der Waals surface area contributed by atoms with E-state index in [-0.39, 0.29) is 0 Å². The van der Waals surface area contributed by atoms with Gasteiger partial charge in [-0.25, -0.2) is 15.6 Å². The fourth-order valence-corrected chi connectivity index (χ4v) is 2.61. The Labute approximate surface area is 105 Å². The summed E-state index contributed by atoms with van der Waals surface area (Å²) < 4.78 is 5.02. The van der Waals surface area contributed by atoms with Crippen molar-refractivity contribution in [1.29, 1.82) is 0 Å². The van der Waals surface area contributed by atoms with Gasteiger partial charge in [0.05, 0.1) is 11.2 Å². The van der Waals surface area contributed by atoms with E-state index >= 15 is 0 Å². The number of benzene rings is 1. The number of nitrogens with two attached hydrogens (primary N) is 1. The standard InChI is InChI=1S/C11H10N4O2S/c1-5-9(15-12)18-10(13-5)6-2-3-7-8(4-6)17-11(16)14-7/h2-4,15H,12H2,1H3,(H,14,16). The molecular formula is C11H10N4O2S. The van der Waals surface area contributed by atoms with Gasteiger partial charge in [-0.05, 0) is 25.1 Å². The molecule has 3 rings (SSSR count). The fraction of sp³-hybridized carbons (Fsp3) is 0.0909. The maximum atomic E-state index is 11.1. The van der Waals surface area contributed by atoms with Crippen molar-refractivity contribution in [2.45, 2.75) is 6.92 Å². The van der Waals surface area contributed by atoms with Gasteiger partial charge in [0.25, 0.3) is 0 Å². The zero-order valence-electron chi connectivity index (χ0n) is 9.48. The highest BCUT2D eigenvalue weighted by molar-refractivity contribution is 7.19. The second-order valence-corrected chi connectivity index (χ2v) is 4.80. The van der Waals surface area contributed by atoms with Crippen molar-refractivity contribution in [3.63, 3.8) is 0 Å². The van der Waals surface area contributed by atoms with E-state index in [4.69, 9.17) is 10.3 Å². The number of nitrogens with one attached hydrogen (secondary N) is 2. The lowest BCUT2D eigenvalue weighted by atomic mass is 10.2. The van der Waals surface area contributed by atoms with Crippen LogP contribution in [0.3, 0.4) is 0 Å². The third kappa shape index (κ3) is 1.69. The zero-order valence-corrected chi connectivity index (χ0v) is 10.3. The summed E-state index contributed by atoms with van der Waals surface area (Å²) in [6, 6.07) is 5.46. The second kappa shape index (κ2) is 3.97. The number of anilines is 1. The minimum Gasteiger partial charge on any atom is -0.408 e. The number of hydrogen-bond donors (Lipinski definition) is 3. The molecule has 18 heavy (non-hydrogen) atoms. The predicted octanol–water partition coefficient (Wildman–Crippen LogP) is 1.84. The Hall–Kier alpha value is -2.12. The normalized spacial score (nSPS) is 11.0. The van der Waals surface area contributed by atoms with Crippen LogP contribution in [0.25, 0.3) is 21.7 Å². The van der Waals surface area contributed by atoms with Crippen molar-refractivity contribution < 1.29 is 4.42 Å². The van der Waals surface area contributed by atoms with E-state index in [1.165, 1.54) is 11.3 Å². The minimum atomic E-state index is -0.457. The third-order valence-corrected chi connectivity index (χ3v) is 3.73. The lowest BCUT2D eigenvalue weighted by Gasteiger charge is -1.94. The summed E-state index contributed by atoms with van der Waals surface area (Å²) in [5.41, 5.74) is 5.53. The van der Waals surface area contributed by atoms with Crippen molar-refractivity contribution in [1.82, 2.24) is 9.97 Å². The topological polar surface area (TPSA) is 96.9 Å². The van der Waals surface area contributed by atoms with Crippen LogP contribution < -0.4 is 17.0 Å². The van der Waals surface area contributed by atoms with Crippen molar-refractivity contribution in [2.75, 3.05) is 5.43 Å². The summed E-state index contributed by atoms with van der Waals surface area (Å²) in [4.78, 5) is 18.1. The minimum absolute atomic E-state index is 0.457. The molecule has 0 bridgehead atoms. The molecule has 92 valence electrons. The molecule has 0 spiro atoms. The molecule has 0 aliphatic carbocycles. The smallest absolute Gasteiger partial charge is 0.408 e. The van der Waals surface area contributed by atoms with Gasteiger partial charge < -0.3 is 9.84 Å². The zero-order chi connectivity index (χ0) is 12.7. The number of aryl methyl sites for hydroxylation is 1. The molecule has 0 aliphatic rings. The van der Waals surface area contributed by atoms with Crippen LogP contribution in [0.5, 0.6) is 0 Å². The van der Waals surface area contributed by atoms with Crippen LogP contribution in [-0.2, 0) is 0 Å². The first-order valence-electron chi connectivity index (χ1n) is 5.24. The van der Waals surface area contributed by atoms with Gasteiger partial charge in [0, 0.05) is 5.56 Å². The molecule has 2 heterocycles. The first-order chi connectivity index (χ1) is 8.67. The number of nitrogens with zero attached hydrogens (tertiary/aromatic N) is 1. The Kier molecular flexibility index (Phi) is 2.42. The molecule has 0 saturated heterocycles. The van der Waals surface area contributed by atoms with Gasteiger partial charge in [-0.2, -0.15) is 0 Å². The highest BCUT2D eigenvalue weighted by atomic mass is 32.1. The van der Waals surface area contributed by atoms with Crippen LogP contribution in [0.1, 0.15) is 5.69 Å². The number of hydrazine groups is 1. The van der Waals surface area contributed by atoms with Gasteiger partial charge in [-0.3, -0.25) is 4.98 Å². The molecule has 0 unspecified atom stereocenters. The van der Waals surface area contributed by atoms with E-state index < -0.39 is 5.76 Å². The van der Waals surface area contributed by atoms with Gasteiger partial charge in [0.2, 0.25) is 0 Å². The number of fused-ring (bicyclic) bond motifs is 1. The molecule has 0 atom stereocenters. The van der Waals surface area contributed by atoms with Crippen LogP contribution >= 0.6 is 11.3 Å². The first kappa shape index (κ1) is 11.0. The summed E-state index contributed by atoms with van der Waals surface area (Å²) >= 11 is 1.45. The number of thiazole rings is 1. The molecule has 0 amide bonds. The van der Waals surface area contributed by atoms with E-state index in [2.05, 4.69) is 15.4 Å². The lowest BCUT2D eigenvalue weighted by molar-refractivity contribution is 0.555. The maximum absolute atomic E-state index is 11.1. The van der Waals surface area contributed by atoms with Crippen LogP contribution in [0.2, 0.25) is 0 Å². The van der Waals surface area contributed by atoms with E-state index in [9.17, 15) is 4.79 Å². The van der Waals surface area contributed by atoms with Gasteiger partial charge in [0.15, 0.2) is 5.58 Å². The van der Waals surface area contributed by atoms with Crippen LogP contribution in [-0.4, -0.2) is 9.97 Å². The number of aromatic nitrogens is 2. The molecule has 0 radical (unpaired) electrons. The van der Waals surface area contributed by atoms with Crippen LogP contribution in [0.15, 0.2) is 27.4 Å². The van der Waals surface area contributed by atoms with Gasteiger partial charge >= 0.3 is 5.76 Å². The van der Waals surface area contributed by atoms with Crippen molar-refractivity contribution >= 4 is 27.4 Å². The summed E-state index contributed by atoms with van der Waals surface area (Å²) in [6.45, 7) is 1.88. The van der Waals surface area contributed by atoms with Crippen LogP contribution in [0, 0.1) is 6.92 Å². The van der Waals surface area contributed by atoms with Gasteiger partial charge in [0.1, 0.15) is 10.0 Å². The maximum Gasteiger partial charge on any atom is 0.417 e. The lowest BCUT2D eigenvalue weighted by Crippen LogP contribution is -2.05. The van der Waals surface area contributed by atoms with Crippen molar-refractivity contribution in [3.05, 3.63) is 34.4 Å². The number of aromatic amines is 1. The molecule has 2 aromatic heterocycles. The predicted molar refractivity (Wildman–Crippen MR) is 70.5 cm³/mol. The van der Waals surface area contributed by atoms with E-state index in [0.29, 0.717) is 11.1 Å². The molecule has 6 nitrogen and oxygen atoms in total. The second-order valence-electron chi connectivity index (χ2n) is 3.80. The largest absolute Gasteiger partial charge is 0.417 e. The Morgan fingerprint density at radius 3 is 3.06 bits per heavy atom. The van der Waals surface area contributed by atoms with Crippen LogP contribution in [0.4, 0.5) is 5.00 Å². The van der Waals surface area contributed by atoms with Crippen molar-refractivity contribution in [2.24, 2.45) is 5.84 Å². The number of hydrogen-bond acceptors (Lipinski definition) is 6. The Bertz CT molecular complexity index is 771. The summed E-state index contributed by atoms with van der Waals surface area (Å²) in [6.07, 6.45) is 0. The summed E-state index contributed by atoms with van der Waals surface area (Å²) in [7, 11) is 0. The number of oxazole rings is 1. The number of nitrogen functional groups attached to an aromatic ring is 1. The summed E-state index contributed by atoms with van der Waals surface area (Å²) in [5.74, 6) is 4.93.